The van der Waals surface area contributed by atoms with E-state index in [4.69, 9.17) is 5.73 Å². The highest BCUT2D eigenvalue weighted by molar-refractivity contribution is 5.94. The first-order valence-electron chi connectivity index (χ1n) is 13.1. The monoisotopic (exact) mass is 483 g/mol. The summed E-state index contributed by atoms with van der Waals surface area (Å²) in [6.07, 6.45) is 6.24. The summed E-state index contributed by atoms with van der Waals surface area (Å²) < 4.78 is 0. The third kappa shape index (κ3) is 6.61. The highest BCUT2D eigenvalue weighted by Gasteiger charge is 2.24. The Hall–Kier alpha value is -3.44. The molecule has 0 saturated heterocycles. The number of amides is 2. The first kappa shape index (κ1) is 25.6. The van der Waals surface area contributed by atoms with E-state index in [0.717, 1.165) is 62.7 Å². The summed E-state index contributed by atoms with van der Waals surface area (Å²) in [5.41, 5.74) is 11.6. The van der Waals surface area contributed by atoms with Gasteiger partial charge in [0, 0.05) is 23.7 Å². The Kier molecular flexibility index (Phi) is 8.90. The molecule has 1 aliphatic carbocycles. The van der Waals surface area contributed by atoms with Crippen molar-refractivity contribution in [2.75, 3.05) is 19.6 Å². The SMILES string of the molecule is CCCN(CCCCNC(=O)c1ccc(-c2ccccc2)cc1)[C@@H]1CCc2cc(C(N)=O)ccc2C1. The predicted octanol–water partition coefficient (Wildman–Crippen LogP) is 5.23. The third-order valence-corrected chi connectivity index (χ3v) is 7.13. The molecule has 4 rings (SSSR count). The summed E-state index contributed by atoms with van der Waals surface area (Å²) in [5, 5.41) is 3.08. The lowest BCUT2D eigenvalue weighted by Gasteiger charge is -2.35. The Bertz CT molecular complexity index is 1160. The largest absolute Gasteiger partial charge is 0.366 e. The third-order valence-electron chi connectivity index (χ3n) is 7.13. The molecule has 0 heterocycles. The second kappa shape index (κ2) is 12.5. The number of hydrogen-bond acceptors (Lipinski definition) is 3. The zero-order chi connectivity index (χ0) is 25.3. The fourth-order valence-corrected chi connectivity index (χ4v) is 5.15. The molecule has 0 aromatic heterocycles. The first-order valence-corrected chi connectivity index (χ1v) is 13.1. The van der Waals surface area contributed by atoms with Crippen molar-refractivity contribution in [3.8, 4) is 11.1 Å². The first-order chi connectivity index (χ1) is 17.5. The Morgan fingerprint density at radius 3 is 2.33 bits per heavy atom. The molecule has 188 valence electrons. The van der Waals surface area contributed by atoms with Gasteiger partial charge in [-0.1, -0.05) is 55.5 Å². The fraction of sp³-hybridized carbons (Fsp3) is 0.355. The molecule has 1 aliphatic rings. The molecule has 0 unspecified atom stereocenters. The number of carbonyl (C=O) groups excluding carboxylic acids is 2. The van der Waals surface area contributed by atoms with Gasteiger partial charge in [-0.3, -0.25) is 9.59 Å². The van der Waals surface area contributed by atoms with Crippen LogP contribution in [0.4, 0.5) is 0 Å². The lowest BCUT2D eigenvalue weighted by atomic mass is 9.86. The number of unbranched alkanes of at least 4 members (excludes halogenated alkanes) is 1. The predicted molar refractivity (Wildman–Crippen MR) is 146 cm³/mol. The Labute approximate surface area is 214 Å². The molecule has 3 aromatic rings. The summed E-state index contributed by atoms with van der Waals surface area (Å²) in [5.74, 6) is -0.372. The molecule has 0 bridgehead atoms. The van der Waals surface area contributed by atoms with Crippen LogP contribution >= 0.6 is 0 Å². The van der Waals surface area contributed by atoms with Gasteiger partial charge >= 0.3 is 0 Å². The van der Waals surface area contributed by atoms with Crippen LogP contribution in [0, 0.1) is 0 Å². The molecule has 5 nitrogen and oxygen atoms in total. The van der Waals surface area contributed by atoms with E-state index in [2.05, 4.69) is 35.3 Å². The van der Waals surface area contributed by atoms with E-state index in [1.54, 1.807) is 0 Å². The minimum atomic E-state index is -0.358. The number of nitrogens with one attached hydrogen (secondary N) is 1. The Morgan fingerprint density at radius 1 is 0.889 bits per heavy atom. The summed E-state index contributed by atoms with van der Waals surface area (Å²) >= 11 is 0. The molecular weight excluding hydrogens is 446 g/mol. The van der Waals surface area contributed by atoms with Crippen LogP contribution in [-0.4, -0.2) is 42.4 Å². The second-order valence-electron chi connectivity index (χ2n) is 9.69. The number of aryl methyl sites for hydroxylation is 1. The molecule has 3 N–H and O–H groups in total. The van der Waals surface area contributed by atoms with Crippen molar-refractivity contribution in [1.82, 2.24) is 10.2 Å². The number of carbonyl (C=O) groups is 2. The van der Waals surface area contributed by atoms with Gasteiger partial charge < -0.3 is 16.0 Å². The smallest absolute Gasteiger partial charge is 0.251 e. The van der Waals surface area contributed by atoms with Crippen LogP contribution in [0.3, 0.4) is 0 Å². The van der Waals surface area contributed by atoms with Crippen molar-refractivity contribution in [3.63, 3.8) is 0 Å². The minimum Gasteiger partial charge on any atom is -0.366 e. The molecule has 1 atom stereocenters. The molecule has 0 saturated carbocycles. The van der Waals surface area contributed by atoms with Crippen LogP contribution < -0.4 is 11.1 Å². The molecule has 0 aliphatic heterocycles. The van der Waals surface area contributed by atoms with E-state index in [1.165, 1.54) is 11.1 Å². The molecule has 3 aromatic carbocycles. The van der Waals surface area contributed by atoms with Gasteiger partial charge in [0.1, 0.15) is 0 Å². The zero-order valence-electron chi connectivity index (χ0n) is 21.2. The number of hydrogen-bond donors (Lipinski definition) is 2. The second-order valence-corrected chi connectivity index (χ2v) is 9.69. The van der Waals surface area contributed by atoms with Crippen molar-refractivity contribution in [2.45, 2.75) is 51.5 Å². The van der Waals surface area contributed by atoms with Crippen molar-refractivity contribution in [2.24, 2.45) is 5.73 Å². The number of fused-ring (bicyclic) bond motifs is 1. The van der Waals surface area contributed by atoms with E-state index in [1.807, 2.05) is 54.6 Å². The van der Waals surface area contributed by atoms with Gasteiger partial charge in [0.25, 0.3) is 5.91 Å². The zero-order valence-corrected chi connectivity index (χ0v) is 21.2. The quantitative estimate of drug-likeness (QED) is 0.367. The summed E-state index contributed by atoms with van der Waals surface area (Å²) in [6, 6.07) is 24.4. The van der Waals surface area contributed by atoms with Gasteiger partial charge in [0.2, 0.25) is 5.91 Å². The maximum absolute atomic E-state index is 12.6. The number of nitrogens with zero attached hydrogens (tertiary/aromatic N) is 1. The van der Waals surface area contributed by atoms with Crippen LogP contribution in [0.25, 0.3) is 11.1 Å². The highest BCUT2D eigenvalue weighted by atomic mass is 16.2. The average Bonchev–Trinajstić information content (AvgIpc) is 2.92. The van der Waals surface area contributed by atoms with Crippen molar-refractivity contribution in [3.05, 3.63) is 95.1 Å². The van der Waals surface area contributed by atoms with Crippen molar-refractivity contribution in [1.29, 1.82) is 0 Å². The average molecular weight is 484 g/mol. The van der Waals surface area contributed by atoms with Crippen molar-refractivity contribution >= 4 is 11.8 Å². The number of rotatable bonds is 11. The highest BCUT2D eigenvalue weighted by Crippen LogP contribution is 2.26. The summed E-state index contributed by atoms with van der Waals surface area (Å²) in [4.78, 5) is 26.7. The molecule has 0 spiro atoms. The molecule has 2 amide bonds. The minimum absolute atomic E-state index is 0.0146. The molecule has 36 heavy (non-hydrogen) atoms. The summed E-state index contributed by atoms with van der Waals surface area (Å²) in [6.45, 7) is 5.03. The van der Waals surface area contributed by atoms with E-state index in [0.29, 0.717) is 23.7 Å². The van der Waals surface area contributed by atoms with Gasteiger partial charge in [0.05, 0.1) is 0 Å². The number of benzene rings is 3. The molecule has 0 radical (unpaired) electrons. The Morgan fingerprint density at radius 2 is 1.61 bits per heavy atom. The summed E-state index contributed by atoms with van der Waals surface area (Å²) in [7, 11) is 0. The van der Waals surface area contributed by atoms with Gasteiger partial charge in [-0.05, 0) is 98.1 Å². The van der Waals surface area contributed by atoms with E-state index >= 15 is 0 Å². The van der Waals surface area contributed by atoms with Crippen LogP contribution in [0.15, 0.2) is 72.8 Å². The lowest BCUT2D eigenvalue weighted by Crippen LogP contribution is -2.40. The van der Waals surface area contributed by atoms with E-state index < -0.39 is 0 Å². The molecule has 0 fully saturated rings. The topological polar surface area (TPSA) is 75.4 Å². The van der Waals surface area contributed by atoms with Gasteiger partial charge in [-0.25, -0.2) is 0 Å². The molecule has 5 heteroatoms. The standard InChI is InChI=1S/C31H37N3O2/c1-2-19-34(29-17-16-26-21-28(30(32)35)15-14-27(26)22-29)20-7-6-18-33-31(36)25-12-10-24(11-13-25)23-8-4-3-5-9-23/h3-5,8-15,21,29H,2,6-7,16-20,22H2,1H3,(H2,32,35)(H,33,36)/t29-/m1/s1. The fourth-order valence-electron chi connectivity index (χ4n) is 5.15. The maximum Gasteiger partial charge on any atom is 0.251 e. The Balaban J connectivity index is 1.22. The van der Waals surface area contributed by atoms with E-state index in [-0.39, 0.29) is 11.8 Å². The van der Waals surface area contributed by atoms with Gasteiger partial charge in [-0.2, -0.15) is 0 Å². The number of nitrogens with two attached hydrogens (primary N) is 1. The van der Waals surface area contributed by atoms with Gasteiger partial charge in [0.15, 0.2) is 0 Å². The van der Waals surface area contributed by atoms with Crippen molar-refractivity contribution < 1.29 is 9.59 Å². The molecular formula is C31H37N3O2. The van der Waals surface area contributed by atoms with Crippen LogP contribution in [-0.2, 0) is 12.8 Å². The van der Waals surface area contributed by atoms with Gasteiger partial charge in [-0.15, -0.1) is 0 Å². The van der Waals surface area contributed by atoms with Crippen LogP contribution in [0.2, 0.25) is 0 Å². The van der Waals surface area contributed by atoms with Crippen LogP contribution in [0.5, 0.6) is 0 Å². The van der Waals surface area contributed by atoms with Crippen LogP contribution in [0.1, 0.15) is 64.4 Å². The number of primary amides is 1. The van der Waals surface area contributed by atoms with E-state index in [9.17, 15) is 9.59 Å². The lowest BCUT2D eigenvalue weighted by molar-refractivity contribution is 0.0950. The maximum atomic E-state index is 12.6. The normalized spacial score (nSPS) is 14.9.